The van der Waals surface area contributed by atoms with Gasteiger partial charge in [-0.25, -0.2) is 0 Å². The van der Waals surface area contributed by atoms with Crippen molar-refractivity contribution in [2.45, 2.75) is 26.3 Å². The molecule has 0 spiro atoms. The highest BCUT2D eigenvalue weighted by Gasteiger charge is 2.60. The summed E-state index contributed by atoms with van der Waals surface area (Å²) in [5.74, 6) is -0.965. The third-order valence-corrected chi connectivity index (χ3v) is 3.24. The zero-order valence-electron chi connectivity index (χ0n) is 9.24. The highest BCUT2D eigenvalue weighted by Crippen LogP contribution is 2.59. The number of aliphatic carboxylic acids is 1. The number of hydrogen-bond acceptors (Lipinski definition) is 2. The molecule has 0 aromatic carbocycles. The maximum atomic E-state index is 10.9. The lowest BCUT2D eigenvalue weighted by atomic mass is 10.1. The molecule has 1 unspecified atom stereocenters. The number of halogens is 1. The average molecular weight is 233 g/mol. The molecule has 1 aliphatic rings. The van der Waals surface area contributed by atoms with Crippen molar-refractivity contribution in [2.75, 3.05) is 6.61 Å². The Morgan fingerprint density at radius 1 is 1.67 bits per heavy atom. The molecule has 0 aliphatic heterocycles. The molecule has 3 atom stereocenters. The van der Waals surface area contributed by atoms with Crippen LogP contribution in [0.1, 0.15) is 20.8 Å². The summed E-state index contributed by atoms with van der Waals surface area (Å²) in [6, 6.07) is 0. The number of rotatable bonds is 5. The van der Waals surface area contributed by atoms with E-state index in [1.54, 1.807) is 6.08 Å². The Kier molecular flexibility index (Phi) is 3.79. The molecule has 0 aromatic rings. The highest BCUT2D eigenvalue weighted by atomic mass is 35.5. The second kappa shape index (κ2) is 4.54. The molecular weight excluding hydrogens is 216 g/mol. The van der Waals surface area contributed by atoms with Gasteiger partial charge in [0.25, 0.3) is 0 Å². The van der Waals surface area contributed by atoms with Crippen LogP contribution in [0.25, 0.3) is 0 Å². The molecule has 3 nitrogen and oxygen atoms in total. The second-order valence-electron chi connectivity index (χ2n) is 4.35. The molecule has 15 heavy (non-hydrogen) atoms. The fourth-order valence-corrected chi connectivity index (χ4v) is 2.14. The van der Waals surface area contributed by atoms with Crippen LogP contribution in [0.15, 0.2) is 12.2 Å². The maximum Gasteiger partial charge on any atom is 0.307 e. The Balaban J connectivity index is 2.51. The Bertz CT molecular complexity index is 273. The quantitative estimate of drug-likeness (QED) is 0.585. The van der Waals surface area contributed by atoms with E-state index in [0.717, 1.165) is 0 Å². The van der Waals surface area contributed by atoms with Gasteiger partial charge in [0.1, 0.15) is 5.56 Å². The molecule has 1 N–H and O–H groups in total. The average Bonchev–Trinajstić information content (AvgIpc) is 2.65. The van der Waals surface area contributed by atoms with Gasteiger partial charge in [-0.1, -0.05) is 31.5 Å². The molecule has 1 saturated carbocycles. The van der Waals surface area contributed by atoms with Gasteiger partial charge >= 0.3 is 5.97 Å². The summed E-state index contributed by atoms with van der Waals surface area (Å²) in [4.78, 5) is 10.9. The lowest BCUT2D eigenvalue weighted by molar-refractivity contribution is -0.139. The van der Waals surface area contributed by atoms with Gasteiger partial charge in [0.15, 0.2) is 0 Å². The Hall–Kier alpha value is -0.540. The minimum atomic E-state index is -0.739. The fourth-order valence-electron chi connectivity index (χ4n) is 1.93. The van der Waals surface area contributed by atoms with Crippen LogP contribution in [0.5, 0.6) is 0 Å². The third-order valence-electron chi connectivity index (χ3n) is 2.97. The topological polar surface area (TPSA) is 46.5 Å². The van der Waals surface area contributed by atoms with Crippen LogP contribution in [-0.4, -0.2) is 23.2 Å². The van der Waals surface area contributed by atoms with Crippen LogP contribution in [0.2, 0.25) is 0 Å². The minimum Gasteiger partial charge on any atom is -0.481 e. The Morgan fingerprint density at radius 2 is 2.27 bits per heavy atom. The molecule has 0 amide bonds. The molecule has 0 aromatic heterocycles. The molecule has 0 heterocycles. The zero-order valence-corrected chi connectivity index (χ0v) is 9.99. The van der Waals surface area contributed by atoms with Crippen LogP contribution < -0.4 is 0 Å². The van der Waals surface area contributed by atoms with E-state index in [-0.39, 0.29) is 17.3 Å². The van der Waals surface area contributed by atoms with Crippen LogP contribution in [0.4, 0.5) is 0 Å². The van der Waals surface area contributed by atoms with Crippen molar-refractivity contribution in [2.24, 2.45) is 17.3 Å². The maximum absolute atomic E-state index is 10.9. The van der Waals surface area contributed by atoms with Crippen molar-refractivity contribution in [3.05, 3.63) is 12.2 Å². The molecule has 4 heteroatoms. The normalized spacial score (nSPS) is 30.4. The highest BCUT2D eigenvalue weighted by molar-refractivity contribution is 6.20. The number of hydrogen-bond donors (Lipinski definition) is 1. The molecule has 1 fully saturated rings. The van der Waals surface area contributed by atoms with Crippen LogP contribution in [-0.2, 0) is 9.53 Å². The molecule has 0 bridgehead atoms. The standard InChI is InChI=1S/C11H17ClO3/c1-4-15-8(12)6-5-7-9(10(13)14)11(7,2)3/h5-9H,4H2,1-3H3,(H,13,14)/b6-5+/t7-,8?,9-/m0/s1. The summed E-state index contributed by atoms with van der Waals surface area (Å²) in [6.07, 6.45) is 3.58. The molecule has 1 aliphatic carbocycles. The van der Waals surface area contributed by atoms with Crippen molar-refractivity contribution < 1.29 is 14.6 Å². The Labute approximate surface area is 95.1 Å². The number of carboxylic acids is 1. The predicted molar refractivity (Wildman–Crippen MR) is 58.8 cm³/mol. The first-order chi connectivity index (χ1) is 6.91. The fraction of sp³-hybridized carbons (Fsp3) is 0.727. The van der Waals surface area contributed by atoms with Crippen LogP contribution >= 0.6 is 11.6 Å². The Morgan fingerprint density at radius 3 is 2.67 bits per heavy atom. The summed E-state index contributed by atoms with van der Waals surface area (Å²) in [5, 5.41) is 8.93. The molecule has 0 saturated heterocycles. The van der Waals surface area contributed by atoms with Gasteiger partial charge in [-0.2, -0.15) is 0 Å². The third kappa shape index (κ3) is 2.73. The zero-order chi connectivity index (χ0) is 11.6. The van der Waals surface area contributed by atoms with E-state index in [1.807, 2.05) is 26.8 Å². The lowest BCUT2D eigenvalue weighted by Gasteiger charge is -2.02. The summed E-state index contributed by atoms with van der Waals surface area (Å²) in [6.45, 7) is 6.31. The number of carbonyl (C=O) groups is 1. The first-order valence-corrected chi connectivity index (χ1v) is 5.51. The number of carboxylic acid groups (broad SMARTS) is 1. The summed E-state index contributed by atoms with van der Waals surface area (Å²) in [5.41, 5.74) is -0.619. The number of alkyl halides is 1. The van der Waals surface area contributed by atoms with Crippen LogP contribution in [0.3, 0.4) is 0 Å². The van der Waals surface area contributed by atoms with Crippen molar-refractivity contribution >= 4 is 17.6 Å². The van der Waals surface area contributed by atoms with E-state index in [1.165, 1.54) is 0 Å². The van der Waals surface area contributed by atoms with Crippen molar-refractivity contribution in [3.63, 3.8) is 0 Å². The van der Waals surface area contributed by atoms with E-state index in [9.17, 15) is 4.79 Å². The van der Waals surface area contributed by atoms with Crippen LogP contribution in [0, 0.1) is 17.3 Å². The largest absolute Gasteiger partial charge is 0.481 e. The van der Waals surface area contributed by atoms with Gasteiger partial charge < -0.3 is 9.84 Å². The molecule has 86 valence electrons. The van der Waals surface area contributed by atoms with Gasteiger partial charge in [-0.15, -0.1) is 0 Å². The number of allylic oxidation sites excluding steroid dienone is 1. The number of ether oxygens (including phenoxy) is 1. The van der Waals surface area contributed by atoms with Crippen molar-refractivity contribution in [3.8, 4) is 0 Å². The smallest absolute Gasteiger partial charge is 0.307 e. The van der Waals surface area contributed by atoms with Gasteiger partial charge in [0.05, 0.1) is 5.92 Å². The molecule has 0 radical (unpaired) electrons. The lowest BCUT2D eigenvalue weighted by Crippen LogP contribution is -2.03. The van der Waals surface area contributed by atoms with E-state index in [2.05, 4.69) is 0 Å². The van der Waals surface area contributed by atoms with E-state index in [4.69, 9.17) is 21.4 Å². The van der Waals surface area contributed by atoms with E-state index in [0.29, 0.717) is 6.61 Å². The van der Waals surface area contributed by atoms with E-state index >= 15 is 0 Å². The summed E-state index contributed by atoms with van der Waals surface area (Å²) < 4.78 is 5.12. The molecular formula is C11H17ClO3. The summed E-state index contributed by atoms with van der Waals surface area (Å²) in [7, 11) is 0. The SMILES string of the molecule is CCOC(Cl)/C=C/[C@H]1[C@@H](C(=O)O)C1(C)C. The van der Waals surface area contributed by atoms with Crippen molar-refractivity contribution in [1.29, 1.82) is 0 Å². The monoisotopic (exact) mass is 232 g/mol. The van der Waals surface area contributed by atoms with Gasteiger partial charge in [0.2, 0.25) is 0 Å². The van der Waals surface area contributed by atoms with Gasteiger partial charge in [-0.05, 0) is 24.3 Å². The van der Waals surface area contributed by atoms with Crippen molar-refractivity contribution in [1.82, 2.24) is 0 Å². The predicted octanol–water partition coefficient (Wildman–Crippen LogP) is 2.50. The van der Waals surface area contributed by atoms with Gasteiger partial charge in [0, 0.05) is 6.61 Å². The first-order valence-electron chi connectivity index (χ1n) is 5.08. The van der Waals surface area contributed by atoms with Gasteiger partial charge in [-0.3, -0.25) is 4.79 Å². The second-order valence-corrected chi connectivity index (χ2v) is 4.78. The molecule has 1 rings (SSSR count). The van der Waals surface area contributed by atoms with E-state index < -0.39 is 11.5 Å². The minimum absolute atomic E-state index is 0.0664. The first kappa shape index (κ1) is 12.5. The summed E-state index contributed by atoms with van der Waals surface area (Å²) >= 11 is 5.82.